The van der Waals surface area contributed by atoms with Crippen molar-refractivity contribution in [2.24, 2.45) is 5.92 Å². The lowest BCUT2D eigenvalue weighted by Crippen LogP contribution is -2.16. The second-order valence-corrected chi connectivity index (χ2v) is 5.28. The average Bonchev–Trinajstić information content (AvgIpc) is 2.29. The standard InChI is InChI=1S/C13H17BrF2O/c1-3-8(2)6-9(17)7-10-12(15)5-4-11(14)13(10)16/h4-5,8-9,17H,3,6-7H2,1-2H3. The van der Waals surface area contributed by atoms with Gasteiger partial charge in [-0.15, -0.1) is 0 Å². The maximum atomic E-state index is 13.6. The molecule has 0 bridgehead atoms. The second-order valence-electron chi connectivity index (χ2n) is 4.43. The van der Waals surface area contributed by atoms with Gasteiger partial charge in [0, 0.05) is 12.0 Å². The molecule has 1 aromatic carbocycles. The van der Waals surface area contributed by atoms with Gasteiger partial charge < -0.3 is 5.11 Å². The fourth-order valence-corrected chi connectivity index (χ4v) is 2.08. The van der Waals surface area contributed by atoms with Crippen LogP contribution in [0.2, 0.25) is 0 Å². The van der Waals surface area contributed by atoms with Crippen molar-refractivity contribution < 1.29 is 13.9 Å². The molecule has 1 N–H and O–H groups in total. The van der Waals surface area contributed by atoms with Gasteiger partial charge in [-0.3, -0.25) is 0 Å². The highest BCUT2D eigenvalue weighted by molar-refractivity contribution is 9.10. The molecule has 1 rings (SSSR count). The summed E-state index contributed by atoms with van der Waals surface area (Å²) in [5, 5.41) is 9.80. The van der Waals surface area contributed by atoms with E-state index in [1.165, 1.54) is 12.1 Å². The maximum Gasteiger partial charge on any atom is 0.143 e. The molecule has 0 heterocycles. The molecule has 0 saturated heterocycles. The summed E-state index contributed by atoms with van der Waals surface area (Å²) >= 11 is 3.01. The molecule has 0 aliphatic heterocycles. The van der Waals surface area contributed by atoms with Crippen LogP contribution in [-0.2, 0) is 6.42 Å². The summed E-state index contributed by atoms with van der Waals surface area (Å²) in [7, 11) is 0. The molecule has 0 aromatic heterocycles. The van der Waals surface area contributed by atoms with E-state index in [2.05, 4.69) is 15.9 Å². The van der Waals surface area contributed by atoms with Gasteiger partial charge in [-0.05, 0) is 40.4 Å². The quantitative estimate of drug-likeness (QED) is 0.813. The van der Waals surface area contributed by atoms with Crippen LogP contribution in [0.5, 0.6) is 0 Å². The molecule has 2 atom stereocenters. The van der Waals surface area contributed by atoms with Gasteiger partial charge in [0.25, 0.3) is 0 Å². The molecule has 0 aliphatic rings. The van der Waals surface area contributed by atoms with E-state index in [4.69, 9.17) is 0 Å². The summed E-state index contributed by atoms with van der Waals surface area (Å²) in [5.74, 6) is -0.870. The summed E-state index contributed by atoms with van der Waals surface area (Å²) in [6.07, 6.45) is 0.812. The molecule has 4 heteroatoms. The molecule has 0 saturated carbocycles. The Morgan fingerprint density at radius 1 is 1.35 bits per heavy atom. The molecule has 0 amide bonds. The van der Waals surface area contributed by atoms with Crippen molar-refractivity contribution in [1.29, 1.82) is 0 Å². The van der Waals surface area contributed by atoms with E-state index in [-0.39, 0.29) is 16.5 Å². The third-order valence-corrected chi connectivity index (χ3v) is 3.56. The first-order chi connectivity index (χ1) is 7.95. The van der Waals surface area contributed by atoms with Crippen LogP contribution < -0.4 is 0 Å². The smallest absolute Gasteiger partial charge is 0.143 e. The number of hydrogen-bond acceptors (Lipinski definition) is 1. The minimum absolute atomic E-state index is 0.0153. The number of benzene rings is 1. The Kier molecular flexibility index (Phi) is 5.53. The van der Waals surface area contributed by atoms with Gasteiger partial charge in [0.05, 0.1) is 10.6 Å². The summed E-state index contributed by atoms with van der Waals surface area (Å²) in [4.78, 5) is 0. The summed E-state index contributed by atoms with van der Waals surface area (Å²) in [6, 6.07) is 2.54. The van der Waals surface area contributed by atoms with Crippen molar-refractivity contribution in [2.75, 3.05) is 0 Å². The summed E-state index contributed by atoms with van der Waals surface area (Å²) < 4.78 is 27.3. The fraction of sp³-hybridized carbons (Fsp3) is 0.538. The molecule has 1 nitrogen and oxygen atoms in total. The van der Waals surface area contributed by atoms with E-state index in [1.54, 1.807) is 0 Å². The van der Waals surface area contributed by atoms with Crippen molar-refractivity contribution in [2.45, 2.75) is 39.2 Å². The Morgan fingerprint density at radius 2 is 2.00 bits per heavy atom. The predicted molar refractivity (Wildman–Crippen MR) is 67.8 cm³/mol. The Bertz CT molecular complexity index is 382. The molecule has 0 fully saturated rings. The first-order valence-corrected chi connectivity index (χ1v) is 6.55. The molecule has 0 aliphatic carbocycles. The molecular formula is C13H17BrF2O. The Morgan fingerprint density at radius 3 is 2.59 bits per heavy atom. The third kappa shape index (κ3) is 4.03. The highest BCUT2D eigenvalue weighted by atomic mass is 79.9. The minimum atomic E-state index is -0.705. The predicted octanol–water partition coefficient (Wildman–Crippen LogP) is 4.07. The lowest BCUT2D eigenvalue weighted by molar-refractivity contribution is 0.142. The number of aliphatic hydroxyl groups is 1. The fourth-order valence-electron chi connectivity index (χ4n) is 1.71. The molecule has 1 aromatic rings. The summed E-state index contributed by atoms with van der Waals surface area (Å²) in [5.41, 5.74) is -0.0461. The van der Waals surface area contributed by atoms with Crippen LogP contribution in [0.15, 0.2) is 16.6 Å². The lowest BCUT2D eigenvalue weighted by atomic mass is 9.96. The zero-order valence-corrected chi connectivity index (χ0v) is 11.6. The highest BCUT2D eigenvalue weighted by Crippen LogP contribution is 2.24. The minimum Gasteiger partial charge on any atom is -0.393 e. The van der Waals surface area contributed by atoms with Crippen molar-refractivity contribution in [3.63, 3.8) is 0 Å². The van der Waals surface area contributed by atoms with E-state index < -0.39 is 17.7 Å². The Labute approximate surface area is 109 Å². The van der Waals surface area contributed by atoms with Crippen molar-refractivity contribution in [1.82, 2.24) is 0 Å². The molecule has 0 radical (unpaired) electrons. The van der Waals surface area contributed by atoms with Crippen molar-refractivity contribution in [3.8, 4) is 0 Å². The van der Waals surface area contributed by atoms with Crippen LogP contribution in [0.25, 0.3) is 0 Å². The van der Waals surface area contributed by atoms with Crippen LogP contribution in [-0.4, -0.2) is 11.2 Å². The summed E-state index contributed by atoms with van der Waals surface area (Å²) in [6.45, 7) is 4.04. The molecule has 2 unspecified atom stereocenters. The number of halogens is 3. The lowest BCUT2D eigenvalue weighted by Gasteiger charge is -2.16. The van der Waals surface area contributed by atoms with Gasteiger partial charge in [0.2, 0.25) is 0 Å². The monoisotopic (exact) mass is 306 g/mol. The van der Waals surface area contributed by atoms with Gasteiger partial charge in [0.15, 0.2) is 0 Å². The molecule has 0 spiro atoms. The van der Waals surface area contributed by atoms with Crippen molar-refractivity contribution in [3.05, 3.63) is 33.8 Å². The third-order valence-electron chi connectivity index (χ3n) is 2.95. The van der Waals surface area contributed by atoms with Crippen molar-refractivity contribution >= 4 is 15.9 Å². The first-order valence-electron chi connectivity index (χ1n) is 5.76. The Hall–Kier alpha value is -0.480. The number of rotatable bonds is 5. The zero-order valence-electron chi connectivity index (χ0n) is 10.0. The average molecular weight is 307 g/mol. The van der Waals surface area contributed by atoms with E-state index in [0.717, 1.165) is 6.42 Å². The van der Waals surface area contributed by atoms with Crippen LogP contribution in [0.1, 0.15) is 32.3 Å². The molecule has 96 valence electrons. The maximum absolute atomic E-state index is 13.6. The van der Waals surface area contributed by atoms with Gasteiger partial charge >= 0.3 is 0 Å². The molecule has 17 heavy (non-hydrogen) atoms. The van der Waals surface area contributed by atoms with Gasteiger partial charge in [-0.2, -0.15) is 0 Å². The van der Waals surface area contributed by atoms with Crippen LogP contribution in [0.4, 0.5) is 8.78 Å². The van der Waals surface area contributed by atoms with Gasteiger partial charge in [-0.1, -0.05) is 20.3 Å². The molecular weight excluding hydrogens is 290 g/mol. The zero-order chi connectivity index (χ0) is 13.0. The second kappa shape index (κ2) is 6.45. The van der Waals surface area contributed by atoms with Crippen LogP contribution in [0, 0.1) is 17.6 Å². The number of hydrogen-bond donors (Lipinski definition) is 1. The van der Waals surface area contributed by atoms with Crippen LogP contribution >= 0.6 is 15.9 Å². The van der Waals surface area contributed by atoms with E-state index >= 15 is 0 Å². The SMILES string of the molecule is CCC(C)CC(O)Cc1c(F)ccc(Br)c1F. The normalized spacial score (nSPS) is 14.7. The Balaban J connectivity index is 2.77. The highest BCUT2D eigenvalue weighted by Gasteiger charge is 2.17. The topological polar surface area (TPSA) is 20.2 Å². The van der Waals surface area contributed by atoms with Crippen LogP contribution in [0.3, 0.4) is 0 Å². The van der Waals surface area contributed by atoms with E-state index in [9.17, 15) is 13.9 Å². The first kappa shape index (κ1) is 14.6. The van der Waals surface area contributed by atoms with Gasteiger partial charge in [-0.25, -0.2) is 8.78 Å². The largest absolute Gasteiger partial charge is 0.393 e. The number of aliphatic hydroxyl groups excluding tert-OH is 1. The van der Waals surface area contributed by atoms with Gasteiger partial charge in [0.1, 0.15) is 11.6 Å². The van der Waals surface area contributed by atoms with E-state index in [1.807, 2.05) is 13.8 Å². The van der Waals surface area contributed by atoms with E-state index in [0.29, 0.717) is 12.3 Å².